The van der Waals surface area contributed by atoms with Gasteiger partial charge in [0.2, 0.25) is 23.6 Å². The van der Waals surface area contributed by atoms with E-state index in [9.17, 15) is 28.8 Å². The summed E-state index contributed by atoms with van der Waals surface area (Å²) in [6, 6.07) is 20.6. The summed E-state index contributed by atoms with van der Waals surface area (Å²) < 4.78 is 5.09. The molecule has 0 aromatic heterocycles. The molecule has 2 aromatic rings. The Balaban J connectivity index is 0.000000149. The van der Waals surface area contributed by atoms with Crippen molar-refractivity contribution in [2.45, 2.75) is 20.0 Å². The Morgan fingerprint density at radius 1 is 0.681 bits per heavy atom. The second-order valence-corrected chi connectivity index (χ2v) is 11.7. The van der Waals surface area contributed by atoms with Crippen LogP contribution in [0.5, 0.6) is 0 Å². The summed E-state index contributed by atoms with van der Waals surface area (Å²) >= 11 is 0. The summed E-state index contributed by atoms with van der Waals surface area (Å²) in [7, 11) is 1.73. The van der Waals surface area contributed by atoms with Crippen LogP contribution >= 0.6 is 0 Å². The number of hydrogen-bond donors (Lipinski definition) is 4. The molecule has 0 saturated carbocycles. The van der Waals surface area contributed by atoms with E-state index in [1.807, 2.05) is 29.6 Å². The van der Waals surface area contributed by atoms with Crippen LogP contribution in [0.1, 0.15) is 18.1 Å². The molecule has 0 bridgehead atoms. The van der Waals surface area contributed by atoms with Crippen LogP contribution in [0, 0.1) is 23.7 Å². The number of rotatable bonds is 7. The lowest BCUT2D eigenvalue weighted by Gasteiger charge is -2.18. The molecular formula is C34H42N6O7. The van der Waals surface area contributed by atoms with Gasteiger partial charge in [0.25, 0.3) is 11.8 Å². The molecule has 4 saturated heterocycles. The van der Waals surface area contributed by atoms with Gasteiger partial charge in [0.1, 0.15) is 0 Å². The van der Waals surface area contributed by atoms with Gasteiger partial charge in [0.15, 0.2) is 0 Å². The molecule has 6 amide bonds. The van der Waals surface area contributed by atoms with Crippen LogP contribution in [-0.2, 0) is 46.6 Å². The lowest BCUT2D eigenvalue weighted by molar-refractivity contribution is -0.128. The molecule has 5 heterocycles. The van der Waals surface area contributed by atoms with Crippen LogP contribution in [0.25, 0.3) is 0 Å². The van der Waals surface area contributed by atoms with Gasteiger partial charge in [-0.05, 0) is 17.7 Å². The molecule has 0 aliphatic carbocycles. The van der Waals surface area contributed by atoms with Crippen molar-refractivity contribution >= 4 is 35.4 Å². The van der Waals surface area contributed by atoms with Gasteiger partial charge in [-0.2, -0.15) is 0 Å². The lowest BCUT2D eigenvalue weighted by Crippen LogP contribution is -2.31. The third-order valence-corrected chi connectivity index (χ3v) is 8.34. The van der Waals surface area contributed by atoms with Gasteiger partial charge in [0.05, 0.1) is 30.4 Å². The molecule has 0 unspecified atom stereocenters. The van der Waals surface area contributed by atoms with Gasteiger partial charge < -0.3 is 10.1 Å². The highest BCUT2D eigenvalue weighted by molar-refractivity contribution is 6.12. The van der Waals surface area contributed by atoms with Crippen molar-refractivity contribution in [1.82, 2.24) is 31.1 Å². The molecule has 13 heteroatoms. The summed E-state index contributed by atoms with van der Waals surface area (Å²) in [5.41, 5.74) is 2.56. The predicted molar refractivity (Wildman–Crippen MR) is 172 cm³/mol. The summed E-state index contributed by atoms with van der Waals surface area (Å²) in [5.74, 6) is -1.53. The highest BCUT2D eigenvalue weighted by Gasteiger charge is 2.47. The van der Waals surface area contributed by atoms with Gasteiger partial charge in [-0.1, -0.05) is 67.6 Å². The van der Waals surface area contributed by atoms with E-state index in [2.05, 4.69) is 69.1 Å². The van der Waals surface area contributed by atoms with Gasteiger partial charge >= 0.3 is 0 Å². The fourth-order valence-electron chi connectivity index (χ4n) is 5.86. The van der Waals surface area contributed by atoms with E-state index in [-0.39, 0.29) is 59.1 Å². The Kier molecular flexibility index (Phi) is 13.1. The molecule has 4 atom stereocenters. The summed E-state index contributed by atoms with van der Waals surface area (Å²) in [6.45, 7) is 8.33. The van der Waals surface area contributed by atoms with E-state index < -0.39 is 0 Å². The Bertz CT molecular complexity index is 1390. The molecule has 7 rings (SSSR count). The van der Waals surface area contributed by atoms with Crippen LogP contribution in [0.3, 0.4) is 0 Å². The molecule has 47 heavy (non-hydrogen) atoms. The van der Waals surface area contributed by atoms with Gasteiger partial charge in [0, 0.05) is 58.5 Å². The SMILES string of the molecule is CCN(COC)Cc1ccccc1.O=C1C=CC(=O)N1.O=C1NC(=O)[C@@H]2CN(Cc3ccccc3)C[C@H]12.O=C1NC(=O)[C@@H]2CNC[C@H]12. The standard InChI is InChI=1S/C13H14N2O2.C11H17NO.C6H8N2O2.C4H3NO2/c16-12-10-7-15(8-11(10)13(17)14-12)6-9-4-2-1-3-5-9;1-3-12(10-13-2)9-11-7-5-4-6-8-11;9-5-3-1-7-2-4(3)6(10)8-5;6-3-1-2-4(7)5-3/h1-5,10-11H,6-8H2,(H,14,16,17);4-8H,3,9-10H2,1-2H3;3-4,7H,1-2H2,(H,8,9,10);1-2H,(H,5,6,7)/t10-,11+;;3-,4+;. The zero-order chi connectivity index (χ0) is 33.8. The molecule has 13 nitrogen and oxygen atoms in total. The average Bonchev–Trinajstić information content (AvgIpc) is 3.89. The number of nitrogens with zero attached hydrogens (tertiary/aromatic N) is 2. The van der Waals surface area contributed by atoms with E-state index in [4.69, 9.17) is 4.74 Å². The number of imide groups is 3. The van der Waals surface area contributed by atoms with Crippen molar-refractivity contribution < 1.29 is 33.5 Å². The summed E-state index contributed by atoms with van der Waals surface area (Å²) in [6.07, 6.45) is 2.39. The molecule has 5 aliphatic rings. The first-order chi connectivity index (χ1) is 22.7. The van der Waals surface area contributed by atoms with Crippen molar-refractivity contribution in [1.29, 1.82) is 0 Å². The molecular weight excluding hydrogens is 604 g/mol. The third kappa shape index (κ3) is 10.2. The number of nitrogens with one attached hydrogen (secondary N) is 4. The van der Waals surface area contributed by atoms with Crippen LogP contribution in [0.15, 0.2) is 72.8 Å². The van der Waals surface area contributed by atoms with Crippen LogP contribution in [0.4, 0.5) is 0 Å². The molecule has 250 valence electrons. The summed E-state index contributed by atoms with van der Waals surface area (Å²) in [5, 5.41) is 9.73. The van der Waals surface area contributed by atoms with Crippen LogP contribution < -0.4 is 21.3 Å². The van der Waals surface area contributed by atoms with Crippen molar-refractivity contribution in [2.24, 2.45) is 23.7 Å². The van der Waals surface area contributed by atoms with E-state index in [1.165, 1.54) is 23.3 Å². The number of hydrogen-bond acceptors (Lipinski definition) is 10. The number of ether oxygens (including phenoxy) is 1. The first-order valence-electron chi connectivity index (χ1n) is 15.6. The number of carbonyl (C=O) groups is 6. The normalized spacial score (nSPS) is 23.9. The average molecular weight is 647 g/mol. The van der Waals surface area contributed by atoms with Crippen molar-refractivity contribution in [3.8, 4) is 0 Å². The highest BCUT2D eigenvalue weighted by Crippen LogP contribution is 2.29. The van der Waals surface area contributed by atoms with Crippen molar-refractivity contribution in [2.75, 3.05) is 46.6 Å². The van der Waals surface area contributed by atoms with E-state index in [0.29, 0.717) is 32.9 Å². The Morgan fingerprint density at radius 2 is 1.15 bits per heavy atom. The first kappa shape index (κ1) is 35.3. The molecule has 5 aliphatic heterocycles. The number of benzene rings is 2. The smallest absolute Gasteiger partial charge is 0.250 e. The van der Waals surface area contributed by atoms with Gasteiger partial charge in [-0.3, -0.25) is 54.5 Å². The van der Waals surface area contributed by atoms with Gasteiger partial charge in [-0.15, -0.1) is 0 Å². The number of methoxy groups -OCH3 is 1. The third-order valence-electron chi connectivity index (χ3n) is 8.34. The van der Waals surface area contributed by atoms with E-state index >= 15 is 0 Å². The monoisotopic (exact) mass is 646 g/mol. The predicted octanol–water partition coefficient (Wildman–Crippen LogP) is 0.181. The highest BCUT2D eigenvalue weighted by atomic mass is 16.5. The topological polar surface area (TPSA) is 166 Å². The minimum atomic E-state index is -0.329. The quantitative estimate of drug-likeness (QED) is 0.241. The van der Waals surface area contributed by atoms with Gasteiger partial charge in [-0.25, -0.2) is 0 Å². The van der Waals surface area contributed by atoms with Crippen molar-refractivity contribution in [3.63, 3.8) is 0 Å². The maximum atomic E-state index is 11.5. The maximum Gasteiger partial charge on any atom is 0.250 e. The largest absolute Gasteiger partial charge is 0.369 e. The number of fused-ring (bicyclic) bond motifs is 2. The minimum absolute atomic E-state index is 0.0903. The fraction of sp³-hybridized carbons (Fsp3) is 0.412. The lowest BCUT2D eigenvalue weighted by atomic mass is 10.00. The maximum absolute atomic E-state index is 11.5. The van der Waals surface area contributed by atoms with E-state index in [0.717, 1.165) is 19.6 Å². The minimum Gasteiger partial charge on any atom is -0.369 e. The van der Waals surface area contributed by atoms with Crippen molar-refractivity contribution in [3.05, 3.63) is 83.9 Å². The zero-order valence-corrected chi connectivity index (χ0v) is 26.6. The zero-order valence-electron chi connectivity index (χ0n) is 26.6. The van der Waals surface area contributed by atoms with Crippen LogP contribution in [0.2, 0.25) is 0 Å². The Hall–Kier alpha value is -4.56. The molecule has 2 aromatic carbocycles. The molecule has 0 spiro atoms. The molecule has 0 radical (unpaired) electrons. The van der Waals surface area contributed by atoms with Crippen LogP contribution in [-0.4, -0.2) is 91.8 Å². The first-order valence-corrected chi connectivity index (χ1v) is 15.6. The second-order valence-electron chi connectivity index (χ2n) is 11.7. The second kappa shape index (κ2) is 17.4. The Morgan fingerprint density at radius 3 is 1.57 bits per heavy atom. The Labute approximate surface area is 274 Å². The number of likely N-dealkylation sites (tertiary alicyclic amines) is 1. The fourth-order valence-corrected chi connectivity index (χ4v) is 5.86. The molecule has 4 fully saturated rings. The number of amides is 6. The molecule has 4 N–H and O–H groups in total. The van der Waals surface area contributed by atoms with E-state index in [1.54, 1.807) is 7.11 Å². The number of carbonyl (C=O) groups excluding carboxylic acids is 6. The summed E-state index contributed by atoms with van der Waals surface area (Å²) in [4.78, 5) is 69.3.